The van der Waals surface area contributed by atoms with E-state index in [2.05, 4.69) is 10.2 Å². The van der Waals surface area contributed by atoms with Crippen molar-refractivity contribution in [1.29, 1.82) is 0 Å². The average Bonchev–Trinajstić information content (AvgIpc) is 3.33. The monoisotopic (exact) mass is 503 g/mol. The van der Waals surface area contributed by atoms with Gasteiger partial charge in [-0.25, -0.2) is 0 Å². The van der Waals surface area contributed by atoms with Gasteiger partial charge in [-0.3, -0.25) is 4.99 Å². The number of nitrogens with one attached hydrogen (secondary N) is 1. The molecule has 0 amide bonds. The van der Waals surface area contributed by atoms with Crippen molar-refractivity contribution in [3.8, 4) is 0 Å². The van der Waals surface area contributed by atoms with Crippen molar-refractivity contribution in [1.82, 2.24) is 10.2 Å². The standard InChI is InChI=1S/C20H26ClN3O2.HI/c1-24(14-17-5-2-3-7-19(17)21)20(23-13-16-9-12-25-15-16)22-10-8-18-6-4-11-26-18;/h2-7,11,16H,8-10,12-15H2,1H3,(H,22,23);1H. The van der Waals surface area contributed by atoms with Crippen molar-refractivity contribution >= 4 is 41.5 Å². The van der Waals surface area contributed by atoms with Crippen molar-refractivity contribution in [2.45, 2.75) is 19.4 Å². The van der Waals surface area contributed by atoms with Crippen LogP contribution in [0.1, 0.15) is 17.7 Å². The number of ether oxygens (including phenoxy) is 1. The van der Waals surface area contributed by atoms with Crippen LogP contribution in [-0.4, -0.2) is 44.2 Å². The lowest BCUT2D eigenvalue weighted by Crippen LogP contribution is -2.40. The molecule has 0 spiro atoms. The number of benzene rings is 1. The van der Waals surface area contributed by atoms with E-state index in [1.165, 1.54) is 0 Å². The van der Waals surface area contributed by atoms with Gasteiger partial charge in [0.25, 0.3) is 0 Å². The Kier molecular flexibility index (Phi) is 9.44. The Hall–Kier alpha value is -1.25. The van der Waals surface area contributed by atoms with Crippen LogP contribution < -0.4 is 5.32 Å². The molecule has 1 aromatic heterocycles. The lowest BCUT2D eigenvalue weighted by Gasteiger charge is -2.23. The third kappa shape index (κ3) is 7.01. The molecule has 0 aliphatic carbocycles. The minimum atomic E-state index is 0. The van der Waals surface area contributed by atoms with E-state index in [4.69, 9.17) is 25.7 Å². The van der Waals surface area contributed by atoms with E-state index < -0.39 is 0 Å². The highest BCUT2D eigenvalue weighted by Gasteiger charge is 2.16. The summed E-state index contributed by atoms with van der Waals surface area (Å²) in [5.41, 5.74) is 1.08. The van der Waals surface area contributed by atoms with Gasteiger partial charge in [0, 0.05) is 50.7 Å². The number of nitrogens with zero attached hydrogens (tertiary/aromatic N) is 2. The Morgan fingerprint density at radius 2 is 2.15 bits per heavy atom. The molecule has 0 bridgehead atoms. The van der Waals surface area contributed by atoms with E-state index in [1.807, 2.05) is 43.4 Å². The van der Waals surface area contributed by atoms with Crippen molar-refractivity contribution < 1.29 is 9.15 Å². The molecule has 1 saturated heterocycles. The maximum absolute atomic E-state index is 6.31. The summed E-state index contributed by atoms with van der Waals surface area (Å²) in [7, 11) is 2.03. The number of furan rings is 1. The fourth-order valence-electron chi connectivity index (χ4n) is 2.96. The number of hydrogen-bond acceptors (Lipinski definition) is 3. The van der Waals surface area contributed by atoms with Crippen molar-refractivity contribution in [2.24, 2.45) is 10.9 Å². The fraction of sp³-hybridized carbons (Fsp3) is 0.450. The molecule has 7 heteroatoms. The van der Waals surface area contributed by atoms with Crippen molar-refractivity contribution in [2.75, 3.05) is 33.4 Å². The molecule has 27 heavy (non-hydrogen) atoms. The van der Waals surface area contributed by atoms with Gasteiger partial charge >= 0.3 is 0 Å². The van der Waals surface area contributed by atoms with Crippen molar-refractivity contribution in [3.05, 3.63) is 59.0 Å². The zero-order chi connectivity index (χ0) is 18.2. The second kappa shape index (κ2) is 11.6. The molecule has 2 aromatic rings. The van der Waals surface area contributed by atoms with E-state index in [-0.39, 0.29) is 24.0 Å². The summed E-state index contributed by atoms with van der Waals surface area (Å²) in [6, 6.07) is 11.8. The number of hydrogen-bond donors (Lipinski definition) is 1. The summed E-state index contributed by atoms with van der Waals surface area (Å²) < 4.78 is 10.9. The van der Waals surface area contributed by atoms with E-state index in [0.717, 1.165) is 61.5 Å². The van der Waals surface area contributed by atoms with E-state index in [0.29, 0.717) is 12.5 Å². The lowest BCUT2D eigenvalue weighted by atomic mass is 10.1. The molecule has 3 rings (SSSR count). The van der Waals surface area contributed by atoms with Crippen LogP contribution in [-0.2, 0) is 17.7 Å². The Bertz CT molecular complexity index is 703. The molecule has 1 fully saturated rings. The lowest BCUT2D eigenvalue weighted by molar-refractivity contribution is 0.187. The molecular formula is C20H27ClIN3O2. The minimum absolute atomic E-state index is 0. The van der Waals surface area contributed by atoms with Gasteiger partial charge in [0.1, 0.15) is 5.76 Å². The molecule has 1 unspecified atom stereocenters. The molecule has 1 aliphatic heterocycles. The highest BCUT2D eigenvalue weighted by atomic mass is 127. The van der Waals surface area contributed by atoms with Crippen molar-refractivity contribution in [3.63, 3.8) is 0 Å². The first kappa shape index (κ1) is 22.0. The van der Waals surface area contributed by atoms with Gasteiger partial charge in [0.2, 0.25) is 0 Å². The number of guanidine groups is 1. The number of halogens is 2. The van der Waals surface area contributed by atoms with E-state index in [1.54, 1.807) is 6.26 Å². The molecule has 5 nitrogen and oxygen atoms in total. The Morgan fingerprint density at radius 1 is 1.30 bits per heavy atom. The fourth-order valence-corrected chi connectivity index (χ4v) is 3.16. The number of aliphatic imine (C=N–C) groups is 1. The van der Waals surface area contributed by atoms with Crippen LogP contribution in [0.2, 0.25) is 5.02 Å². The van der Waals surface area contributed by atoms with Gasteiger partial charge in [0.05, 0.1) is 12.9 Å². The molecule has 1 aliphatic rings. The van der Waals surface area contributed by atoms with Gasteiger partial charge in [-0.1, -0.05) is 29.8 Å². The molecule has 1 N–H and O–H groups in total. The molecule has 2 heterocycles. The normalized spacial score (nSPS) is 16.8. The number of rotatable bonds is 7. The summed E-state index contributed by atoms with van der Waals surface area (Å²) in [6.45, 7) is 3.89. The highest BCUT2D eigenvalue weighted by Crippen LogP contribution is 2.17. The third-order valence-electron chi connectivity index (χ3n) is 4.48. The van der Waals surface area contributed by atoms with Gasteiger partial charge in [0.15, 0.2) is 5.96 Å². The highest BCUT2D eigenvalue weighted by molar-refractivity contribution is 14.0. The van der Waals surface area contributed by atoms with Crippen LogP contribution in [0.15, 0.2) is 52.1 Å². The summed E-state index contributed by atoms with van der Waals surface area (Å²) in [5.74, 6) is 2.35. The van der Waals surface area contributed by atoms with Crippen LogP contribution in [0.25, 0.3) is 0 Å². The summed E-state index contributed by atoms with van der Waals surface area (Å²) in [6.07, 6.45) is 3.60. The quantitative estimate of drug-likeness (QED) is 0.349. The second-order valence-corrected chi connectivity index (χ2v) is 7.00. The summed E-state index contributed by atoms with van der Waals surface area (Å²) >= 11 is 6.31. The largest absolute Gasteiger partial charge is 0.469 e. The Morgan fingerprint density at radius 3 is 2.85 bits per heavy atom. The SMILES string of the molecule is CN(Cc1ccccc1Cl)C(=NCC1CCOC1)NCCc1ccco1.I. The van der Waals surface area contributed by atoms with Crippen LogP contribution >= 0.6 is 35.6 Å². The Balaban J connectivity index is 0.00000261. The molecule has 0 saturated carbocycles. The van der Waals surface area contributed by atoms with Gasteiger partial charge in [-0.15, -0.1) is 24.0 Å². The average molecular weight is 504 g/mol. The molecule has 1 aromatic carbocycles. The first-order chi connectivity index (χ1) is 12.7. The zero-order valence-corrected chi connectivity index (χ0v) is 18.7. The third-order valence-corrected chi connectivity index (χ3v) is 4.85. The molecule has 1 atom stereocenters. The Labute approximate surface area is 183 Å². The van der Waals surface area contributed by atoms with Crippen LogP contribution in [0.5, 0.6) is 0 Å². The van der Waals surface area contributed by atoms with Crippen LogP contribution in [0.4, 0.5) is 0 Å². The topological polar surface area (TPSA) is 50.0 Å². The second-order valence-electron chi connectivity index (χ2n) is 6.60. The van der Waals surface area contributed by atoms with Gasteiger partial charge in [-0.2, -0.15) is 0 Å². The van der Waals surface area contributed by atoms with E-state index in [9.17, 15) is 0 Å². The molecular weight excluding hydrogens is 477 g/mol. The minimum Gasteiger partial charge on any atom is -0.469 e. The summed E-state index contributed by atoms with van der Waals surface area (Å²) in [5, 5.41) is 4.23. The van der Waals surface area contributed by atoms with Crippen LogP contribution in [0, 0.1) is 5.92 Å². The maximum atomic E-state index is 6.31. The van der Waals surface area contributed by atoms with E-state index >= 15 is 0 Å². The predicted molar refractivity (Wildman–Crippen MR) is 120 cm³/mol. The maximum Gasteiger partial charge on any atom is 0.193 e. The first-order valence-electron chi connectivity index (χ1n) is 9.05. The molecule has 148 valence electrons. The van der Waals surface area contributed by atoms with Crippen LogP contribution in [0.3, 0.4) is 0 Å². The van der Waals surface area contributed by atoms with Gasteiger partial charge < -0.3 is 19.4 Å². The first-order valence-corrected chi connectivity index (χ1v) is 9.43. The van der Waals surface area contributed by atoms with Gasteiger partial charge in [-0.05, 0) is 30.2 Å². The smallest absolute Gasteiger partial charge is 0.193 e. The predicted octanol–water partition coefficient (Wildman–Crippen LogP) is 4.21. The zero-order valence-electron chi connectivity index (χ0n) is 15.6. The summed E-state index contributed by atoms with van der Waals surface area (Å²) in [4.78, 5) is 6.94. The molecule has 0 radical (unpaired) electrons.